The Balaban J connectivity index is 2.60. The second-order valence-corrected chi connectivity index (χ2v) is 2.79. The van der Waals surface area contributed by atoms with Crippen LogP contribution in [0.15, 0.2) is 12.3 Å². The average molecular weight is 192 g/mol. The molecular weight excluding hydrogens is 184 g/mol. The molecule has 2 aromatic rings. The fourth-order valence-corrected chi connectivity index (χ4v) is 1.20. The van der Waals surface area contributed by atoms with Gasteiger partial charge in [-0.05, 0) is 6.92 Å². The van der Waals surface area contributed by atoms with Gasteiger partial charge in [0.2, 0.25) is 0 Å². The molecule has 0 saturated heterocycles. The molecule has 0 aromatic carbocycles. The third kappa shape index (κ3) is 1.08. The maximum absolute atomic E-state index is 10.5. The first kappa shape index (κ1) is 8.49. The second-order valence-electron chi connectivity index (χ2n) is 2.79. The van der Waals surface area contributed by atoms with Crippen molar-refractivity contribution in [2.75, 3.05) is 0 Å². The quantitative estimate of drug-likeness (QED) is 0.675. The predicted octanol–water partition coefficient (Wildman–Crippen LogP) is 0.422. The Kier molecular flexibility index (Phi) is 1.81. The third-order valence-electron chi connectivity index (χ3n) is 1.94. The number of aldehydes is 1. The highest BCUT2D eigenvalue weighted by Crippen LogP contribution is 2.21. The molecule has 0 amide bonds. The van der Waals surface area contributed by atoms with E-state index in [-0.39, 0.29) is 11.4 Å². The molecule has 2 aromatic heterocycles. The number of carbonyl (C=O) groups is 1. The van der Waals surface area contributed by atoms with E-state index in [2.05, 4.69) is 15.3 Å². The topological polar surface area (TPSA) is 83.8 Å². The normalized spacial score (nSPS) is 10.4. The number of hydrogen-bond acceptors (Lipinski definition) is 4. The van der Waals surface area contributed by atoms with E-state index >= 15 is 0 Å². The minimum atomic E-state index is -0.102. The lowest BCUT2D eigenvalue weighted by atomic mass is 10.3. The molecule has 6 heteroatoms. The first-order chi connectivity index (χ1) is 6.74. The summed E-state index contributed by atoms with van der Waals surface area (Å²) >= 11 is 0. The van der Waals surface area contributed by atoms with Gasteiger partial charge in [-0.2, -0.15) is 10.2 Å². The molecule has 2 rings (SSSR count). The maximum atomic E-state index is 10.5. The zero-order chi connectivity index (χ0) is 10.1. The predicted molar refractivity (Wildman–Crippen MR) is 47.5 cm³/mol. The zero-order valence-electron chi connectivity index (χ0n) is 7.43. The van der Waals surface area contributed by atoms with Gasteiger partial charge in [0.05, 0.1) is 11.9 Å². The fourth-order valence-electron chi connectivity index (χ4n) is 1.20. The molecule has 0 atom stereocenters. The van der Waals surface area contributed by atoms with Crippen molar-refractivity contribution in [2.45, 2.75) is 6.92 Å². The van der Waals surface area contributed by atoms with E-state index in [1.165, 1.54) is 4.68 Å². The van der Waals surface area contributed by atoms with Crippen molar-refractivity contribution in [1.82, 2.24) is 20.0 Å². The summed E-state index contributed by atoms with van der Waals surface area (Å²) in [5, 5.41) is 19.8. The lowest BCUT2D eigenvalue weighted by Crippen LogP contribution is -1.99. The second kappa shape index (κ2) is 2.99. The molecule has 0 aliphatic rings. The SMILES string of the molecule is Cc1c(O)c(C=O)nn1-c1ccn[nH]1. The third-order valence-corrected chi connectivity index (χ3v) is 1.94. The first-order valence-corrected chi connectivity index (χ1v) is 3.97. The Bertz CT molecular complexity index is 458. The Labute approximate surface area is 79.2 Å². The minimum Gasteiger partial charge on any atom is -0.504 e. The fraction of sp³-hybridized carbons (Fsp3) is 0.125. The van der Waals surface area contributed by atoms with Gasteiger partial charge in [-0.15, -0.1) is 0 Å². The van der Waals surface area contributed by atoms with Crippen molar-refractivity contribution in [3.63, 3.8) is 0 Å². The van der Waals surface area contributed by atoms with Crippen molar-refractivity contribution in [3.05, 3.63) is 23.7 Å². The molecule has 0 fully saturated rings. The van der Waals surface area contributed by atoms with E-state index in [0.717, 1.165) is 0 Å². The zero-order valence-corrected chi connectivity index (χ0v) is 7.43. The molecule has 2 N–H and O–H groups in total. The number of rotatable bonds is 2. The number of aromatic amines is 1. The molecule has 14 heavy (non-hydrogen) atoms. The van der Waals surface area contributed by atoms with Gasteiger partial charge in [0.15, 0.2) is 17.7 Å². The Morgan fingerprint density at radius 1 is 1.64 bits per heavy atom. The lowest BCUT2D eigenvalue weighted by Gasteiger charge is -1.97. The lowest BCUT2D eigenvalue weighted by molar-refractivity contribution is 0.111. The Morgan fingerprint density at radius 3 is 2.93 bits per heavy atom. The Hall–Kier alpha value is -2.11. The van der Waals surface area contributed by atoms with Crippen LogP contribution in [-0.2, 0) is 0 Å². The van der Waals surface area contributed by atoms with Gasteiger partial charge in [-0.3, -0.25) is 9.89 Å². The highest BCUT2D eigenvalue weighted by molar-refractivity contribution is 5.76. The molecule has 6 nitrogen and oxygen atoms in total. The van der Waals surface area contributed by atoms with Crippen LogP contribution >= 0.6 is 0 Å². The maximum Gasteiger partial charge on any atom is 0.174 e. The summed E-state index contributed by atoms with van der Waals surface area (Å²) in [6, 6.07) is 1.69. The van der Waals surface area contributed by atoms with E-state index in [0.29, 0.717) is 17.8 Å². The minimum absolute atomic E-state index is 0.0251. The van der Waals surface area contributed by atoms with E-state index < -0.39 is 0 Å². The molecular formula is C8H8N4O2. The van der Waals surface area contributed by atoms with E-state index in [9.17, 15) is 9.90 Å². The van der Waals surface area contributed by atoms with Crippen LogP contribution in [0, 0.1) is 6.92 Å². The molecule has 0 unspecified atom stereocenters. The van der Waals surface area contributed by atoms with Crippen LogP contribution in [0.1, 0.15) is 16.2 Å². The molecule has 2 heterocycles. The van der Waals surface area contributed by atoms with Crippen molar-refractivity contribution in [1.29, 1.82) is 0 Å². The van der Waals surface area contributed by atoms with Gasteiger partial charge in [0.25, 0.3) is 0 Å². The molecule has 0 spiro atoms. The van der Waals surface area contributed by atoms with Crippen molar-refractivity contribution in [3.8, 4) is 11.6 Å². The van der Waals surface area contributed by atoms with Gasteiger partial charge in [-0.25, -0.2) is 4.68 Å². The number of hydrogen-bond donors (Lipinski definition) is 2. The van der Waals surface area contributed by atoms with Gasteiger partial charge in [0, 0.05) is 6.07 Å². The van der Waals surface area contributed by atoms with Crippen LogP contribution < -0.4 is 0 Å². The summed E-state index contributed by atoms with van der Waals surface area (Å²) < 4.78 is 1.42. The number of carbonyl (C=O) groups excluding carboxylic acids is 1. The summed E-state index contributed by atoms with van der Waals surface area (Å²) in [5.41, 5.74) is 0.522. The molecule has 0 saturated carbocycles. The molecule has 0 bridgehead atoms. The van der Waals surface area contributed by atoms with Crippen LogP contribution in [0.3, 0.4) is 0 Å². The summed E-state index contributed by atoms with van der Waals surface area (Å²) in [7, 11) is 0. The van der Waals surface area contributed by atoms with Crippen LogP contribution in [0.25, 0.3) is 5.82 Å². The van der Waals surface area contributed by atoms with Crippen LogP contribution in [0.5, 0.6) is 5.75 Å². The molecule has 0 aliphatic heterocycles. The number of aromatic hydroxyl groups is 1. The van der Waals surface area contributed by atoms with E-state index in [1.807, 2.05) is 0 Å². The first-order valence-electron chi connectivity index (χ1n) is 3.97. The van der Waals surface area contributed by atoms with Gasteiger partial charge in [-0.1, -0.05) is 0 Å². The summed E-state index contributed by atoms with van der Waals surface area (Å²) in [6.07, 6.45) is 2.07. The highest BCUT2D eigenvalue weighted by atomic mass is 16.3. The van der Waals surface area contributed by atoms with Gasteiger partial charge < -0.3 is 5.11 Å². The largest absolute Gasteiger partial charge is 0.504 e. The number of nitrogens with zero attached hydrogens (tertiary/aromatic N) is 3. The molecule has 0 radical (unpaired) electrons. The van der Waals surface area contributed by atoms with Gasteiger partial charge >= 0.3 is 0 Å². The van der Waals surface area contributed by atoms with Gasteiger partial charge in [0.1, 0.15) is 5.82 Å². The summed E-state index contributed by atoms with van der Waals surface area (Å²) in [5.74, 6) is 0.500. The van der Waals surface area contributed by atoms with E-state index in [4.69, 9.17) is 0 Å². The smallest absolute Gasteiger partial charge is 0.174 e. The highest BCUT2D eigenvalue weighted by Gasteiger charge is 2.14. The average Bonchev–Trinajstić information content (AvgIpc) is 2.78. The number of H-pyrrole nitrogens is 1. The van der Waals surface area contributed by atoms with Crippen LogP contribution in [0.2, 0.25) is 0 Å². The van der Waals surface area contributed by atoms with Crippen LogP contribution in [-0.4, -0.2) is 31.4 Å². The van der Waals surface area contributed by atoms with E-state index in [1.54, 1.807) is 19.2 Å². The number of aromatic nitrogens is 4. The monoisotopic (exact) mass is 192 g/mol. The van der Waals surface area contributed by atoms with Crippen molar-refractivity contribution in [2.24, 2.45) is 0 Å². The summed E-state index contributed by atoms with van der Waals surface area (Å²) in [4.78, 5) is 10.5. The summed E-state index contributed by atoms with van der Waals surface area (Å²) in [6.45, 7) is 1.66. The van der Waals surface area contributed by atoms with Crippen LogP contribution in [0.4, 0.5) is 0 Å². The van der Waals surface area contributed by atoms with Crippen molar-refractivity contribution < 1.29 is 9.90 Å². The standard InChI is InChI=1S/C8H8N4O2/c1-5-8(14)6(4-13)11-12(5)7-2-3-9-10-7/h2-4,14H,1H3,(H,9,10). The number of nitrogens with one attached hydrogen (secondary N) is 1. The molecule has 0 aliphatic carbocycles. The van der Waals surface area contributed by atoms with Crippen molar-refractivity contribution >= 4 is 6.29 Å². The Morgan fingerprint density at radius 2 is 2.43 bits per heavy atom. The molecule has 72 valence electrons.